The van der Waals surface area contributed by atoms with Gasteiger partial charge in [0.15, 0.2) is 0 Å². The molecule has 0 radical (unpaired) electrons. The van der Waals surface area contributed by atoms with Crippen molar-refractivity contribution in [1.29, 1.82) is 0 Å². The largest absolute Gasteiger partial charge is 0.310 e. The first kappa shape index (κ1) is 36.6. The predicted octanol–water partition coefficient (Wildman–Crippen LogP) is 15.6. The molecule has 1 spiro atoms. The van der Waals surface area contributed by atoms with Crippen LogP contribution in [0.15, 0.2) is 206 Å². The molecule has 0 fully saturated rings. The number of benzene rings is 9. The molecule has 0 aromatic heterocycles. The maximum atomic E-state index is 2.52. The fourth-order valence-corrected chi connectivity index (χ4v) is 11.6. The lowest BCUT2D eigenvalue weighted by Crippen LogP contribution is -2.29. The summed E-state index contributed by atoms with van der Waals surface area (Å²) in [7, 11) is 0. The van der Waals surface area contributed by atoms with E-state index in [1.165, 1.54) is 94.6 Å². The number of nitrogens with zero attached hydrogens (tertiary/aromatic N) is 1. The third-order valence-electron chi connectivity index (χ3n) is 14.3. The molecule has 12 rings (SSSR count). The number of hydrogen-bond acceptors (Lipinski definition) is 1. The molecule has 0 amide bonds. The van der Waals surface area contributed by atoms with Gasteiger partial charge in [0.05, 0.1) is 10.8 Å². The van der Waals surface area contributed by atoms with Crippen molar-refractivity contribution in [2.45, 2.75) is 44.4 Å². The normalized spacial score (nSPS) is 15.8. The SMILES string of the molecule is Cc1ccc2c(c1)C1(c3ccccc3-c3ccc(N(c4ccccc4)c4ccc5c(c4)C(c4ccccc4)(c4ccc(C(C)C)cc4)c4ccccc4-5)cc31)c1cc(C)ccc1-2. The summed E-state index contributed by atoms with van der Waals surface area (Å²) < 4.78 is 0. The van der Waals surface area contributed by atoms with Crippen LogP contribution in [0.1, 0.15) is 81.0 Å². The Hall–Kier alpha value is -7.22. The summed E-state index contributed by atoms with van der Waals surface area (Å²) in [6, 6.07) is 78.4. The summed E-state index contributed by atoms with van der Waals surface area (Å²) in [6.07, 6.45) is 0. The molecule has 1 heteroatoms. The fraction of sp³-hybridized carbons (Fsp3) is 0.115. The van der Waals surface area contributed by atoms with Crippen LogP contribution in [0.4, 0.5) is 17.1 Å². The van der Waals surface area contributed by atoms with Crippen molar-refractivity contribution in [3.05, 3.63) is 267 Å². The van der Waals surface area contributed by atoms with Crippen LogP contribution in [0.3, 0.4) is 0 Å². The van der Waals surface area contributed by atoms with Crippen molar-refractivity contribution in [1.82, 2.24) is 0 Å². The van der Waals surface area contributed by atoms with Gasteiger partial charge in [-0.2, -0.15) is 0 Å². The molecule has 1 unspecified atom stereocenters. The third-order valence-corrected chi connectivity index (χ3v) is 14.3. The molecule has 0 aliphatic heterocycles. The van der Waals surface area contributed by atoms with Crippen LogP contribution in [0.2, 0.25) is 0 Å². The smallest absolute Gasteiger partial charge is 0.0726 e. The summed E-state index contributed by atoms with van der Waals surface area (Å²) in [5.41, 5.74) is 24.8. The quantitative estimate of drug-likeness (QED) is 0.162. The molecule has 0 heterocycles. The first-order chi connectivity index (χ1) is 30.4. The average Bonchev–Trinajstić information content (AvgIpc) is 3.89. The Morgan fingerprint density at radius 3 is 1.26 bits per heavy atom. The Bertz CT molecular complexity index is 3180. The molecule has 9 aromatic rings. The Kier molecular flexibility index (Phi) is 8.06. The highest BCUT2D eigenvalue weighted by Gasteiger charge is 2.52. The second-order valence-corrected chi connectivity index (χ2v) is 18.0. The lowest BCUT2D eigenvalue weighted by molar-refractivity contribution is 0.765. The standard InChI is InChI=1S/C61H47N/c1-39(2)42-25-27-44(28-26-42)60(43-15-7-5-8-16-43)54-21-13-11-19-48(54)52-33-29-46(37-58(52)60)62(45-17-9-6-10-18-45)47-30-34-53-49-20-12-14-22-55(49)61(59(53)38-47)56-35-40(3)23-31-50(56)51-32-24-41(4)36-57(51)61/h5-39H,1-4H3. The number of fused-ring (bicyclic) bond motifs is 13. The van der Waals surface area contributed by atoms with Crippen molar-refractivity contribution < 1.29 is 0 Å². The van der Waals surface area contributed by atoms with Gasteiger partial charge >= 0.3 is 0 Å². The monoisotopic (exact) mass is 793 g/mol. The molecule has 3 aliphatic carbocycles. The summed E-state index contributed by atoms with van der Waals surface area (Å²) in [5, 5.41) is 0. The van der Waals surface area contributed by atoms with Crippen LogP contribution >= 0.6 is 0 Å². The minimum absolute atomic E-state index is 0.447. The van der Waals surface area contributed by atoms with E-state index in [9.17, 15) is 0 Å². The molecule has 1 atom stereocenters. The van der Waals surface area contributed by atoms with E-state index in [1.807, 2.05) is 0 Å². The highest BCUT2D eigenvalue weighted by molar-refractivity contribution is 5.97. The van der Waals surface area contributed by atoms with E-state index in [0.29, 0.717) is 5.92 Å². The first-order valence-electron chi connectivity index (χ1n) is 22.1. The van der Waals surface area contributed by atoms with Gasteiger partial charge in [-0.3, -0.25) is 0 Å². The number of aryl methyl sites for hydroxylation is 2. The van der Waals surface area contributed by atoms with Crippen LogP contribution in [0.25, 0.3) is 33.4 Å². The summed E-state index contributed by atoms with van der Waals surface area (Å²) in [4.78, 5) is 2.49. The zero-order chi connectivity index (χ0) is 41.7. The molecular formula is C61H47N. The van der Waals surface area contributed by atoms with Crippen molar-refractivity contribution in [3.8, 4) is 33.4 Å². The molecular weight excluding hydrogens is 747 g/mol. The average molecular weight is 794 g/mol. The minimum Gasteiger partial charge on any atom is -0.310 e. The van der Waals surface area contributed by atoms with Crippen LogP contribution in [0, 0.1) is 13.8 Å². The van der Waals surface area contributed by atoms with E-state index in [2.05, 4.69) is 239 Å². The van der Waals surface area contributed by atoms with E-state index in [-0.39, 0.29) is 0 Å². The molecule has 3 aliphatic rings. The van der Waals surface area contributed by atoms with Gasteiger partial charge < -0.3 is 4.90 Å². The molecule has 0 saturated carbocycles. The Morgan fingerprint density at radius 2 is 0.726 bits per heavy atom. The fourth-order valence-electron chi connectivity index (χ4n) is 11.6. The number of hydrogen-bond donors (Lipinski definition) is 0. The predicted molar refractivity (Wildman–Crippen MR) is 258 cm³/mol. The van der Waals surface area contributed by atoms with E-state index < -0.39 is 10.8 Å². The van der Waals surface area contributed by atoms with Crippen LogP contribution < -0.4 is 4.90 Å². The Labute approximate surface area is 365 Å². The Balaban J connectivity index is 1.12. The van der Waals surface area contributed by atoms with Gasteiger partial charge in [-0.15, -0.1) is 0 Å². The van der Waals surface area contributed by atoms with Gasteiger partial charge in [0.2, 0.25) is 0 Å². The molecule has 0 N–H and O–H groups in total. The highest BCUT2D eigenvalue weighted by atomic mass is 15.1. The second kappa shape index (κ2) is 13.6. The lowest BCUT2D eigenvalue weighted by atomic mass is 9.67. The molecule has 62 heavy (non-hydrogen) atoms. The molecule has 0 saturated heterocycles. The van der Waals surface area contributed by atoms with Crippen molar-refractivity contribution in [2.75, 3.05) is 4.90 Å². The molecule has 0 bridgehead atoms. The van der Waals surface area contributed by atoms with Crippen LogP contribution in [-0.2, 0) is 10.8 Å². The van der Waals surface area contributed by atoms with Crippen molar-refractivity contribution >= 4 is 17.1 Å². The zero-order valence-corrected chi connectivity index (χ0v) is 35.7. The summed E-state index contributed by atoms with van der Waals surface area (Å²) in [6.45, 7) is 9.02. The number of para-hydroxylation sites is 1. The molecule has 1 nitrogen and oxygen atoms in total. The van der Waals surface area contributed by atoms with E-state index in [1.54, 1.807) is 0 Å². The van der Waals surface area contributed by atoms with Crippen LogP contribution in [-0.4, -0.2) is 0 Å². The summed E-state index contributed by atoms with van der Waals surface area (Å²) >= 11 is 0. The van der Waals surface area contributed by atoms with E-state index in [0.717, 1.165) is 17.1 Å². The first-order valence-corrected chi connectivity index (χ1v) is 22.1. The molecule has 296 valence electrons. The van der Waals surface area contributed by atoms with E-state index in [4.69, 9.17) is 0 Å². The molecule has 9 aromatic carbocycles. The summed E-state index contributed by atoms with van der Waals surface area (Å²) in [5.74, 6) is 0.449. The van der Waals surface area contributed by atoms with Gasteiger partial charge in [-0.05, 0) is 140 Å². The lowest BCUT2D eigenvalue weighted by Gasteiger charge is -2.35. The van der Waals surface area contributed by atoms with Crippen LogP contribution in [0.5, 0.6) is 0 Å². The highest BCUT2D eigenvalue weighted by Crippen LogP contribution is 2.64. The van der Waals surface area contributed by atoms with E-state index >= 15 is 0 Å². The number of anilines is 3. The number of rotatable bonds is 6. The second-order valence-electron chi connectivity index (χ2n) is 18.0. The Morgan fingerprint density at radius 1 is 0.323 bits per heavy atom. The third kappa shape index (κ3) is 4.97. The van der Waals surface area contributed by atoms with Gasteiger partial charge in [-0.1, -0.05) is 195 Å². The minimum atomic E-state index is -0.516. The van der Waals surface area contributed by atoms with Gasteiger partial charge in [0, 0.05) is 17.1 Å². The van der Waals surface area contributed by atoms with Gasteiger partial charge in [-0.25, -0.2) is 0 Å². The van der Waals surface area contributed by atoms with Gasteiger partial charge in [0.25, 0.3) is 0 Å². The van der Waals surface area contributed by atoms with Crippen molar-refractivity contribution in [2.24, 2.45) is 0 Å². The maximum Gasteiger partial charge on any atom is 0.0726 e. The topological polar surface area (TPSA) is 3.24 Å². The van der Waals surface area contributed by atoms with Crippen molar-refractivity contribution in [3.63, 3.8) is 0 Å². The maximum absolute atomic E-state index is 2.52. The van der Waals surface area contributed by atoms with Gasteiger partial charge in [0.1, 0.15) is 0 Å². The zero-order valence-electron chi connectivity index (χ0n) is 35.7.